The van der Waals surface area contributed by atoms with Crippen LogP contribution in [0.15, 0.2) is 111 Å². The van der Waals surface area contributed by atoms with Crippen LogP contribution in [-0.2, 0) is 16.1 Å². The second-order valence-electron chi connectivity index (χ2n) is 8.61. The Hall–Kier alpha value is -5.03. The van der Waals surface area contributed by atoms with Gasteiger partial charge in [-0.2, -0.15) is 5.10 Å². The van der Waals surface area contributed by atoms with Crippen molar-refractivity contribution in [1.82, 2.24) is 4.90 Å². The fraction of sp³-hybridized carbons (Fsp3) is 0.0667. The van der Waals surface area contributed by atoms with Gasteiger partial charge in [0.2, 0.25) is 0 Å². The van der Waals surface area contributed by atoms with Crippen molar-refractivity contribution in [2.45, 2.75) is 6.54 Å². The summed E-state index contributed by atoms with van der Waals surface area (Å²) in [6.07, 6.45) is 4.42. The zero-order valence-corrected chi connectivity index (χ0v) is 22.2. The van der Waals surface area contributed by atoms with Gasteiger partial charge in [-0.15, -0.1) is 5.10 Å². The molecule has 0 saturated carbocycles. The third kappa shape index (κ3) is 7.14. The van der Waals surface area contributed by atoms with Gasteiger partial charge in [0.05, 0.1) is 23.9 Å². The van der Waals surface area contributed by atoms with Crippen molar-refractivity contribution in [3.63, 3.8) is 0 Å². The van der Waals surface area contributed by atoms with Crippen LogP contribution in [0.25, 0.3) is 6.08 Å². The van der Waals surface area contributed by atoms with Gasteiger partial charge in [0.25, 0.3) is 11.8 Å². The Bertz CT molecular complexity index is 1640. The summed E-state index contributed by atoms with van der Waals surface area (Å²) in [5.74, 6) is -0.701. The summed E-state index contributed by atoms with van der Waals surface area (Å²) in [5.41, 5.74) is 1.26. The number of para-hydroxylation sites is 1. The first-order valence-electron chi connectivity index (χ1n) is 12.3. The first kappa shape index (κ1) is 27.5. The fourth-order valence-electron chi connectivity index (χ4n) is 3.75. The molecule has 0 radical (unpaired) electrons. The number of carbonyl (C=O) groups excluding carboxylic acids is 2. The number of halogens is 2. The van der Waals surface area contributed by atoms with Crippen LogP contribution in [-0.4, -0.2) is 34.7 Å². The topological polar surface area (TPSA) is 96.5 Å². The second kappa shape index (κ2) is 12.9. The molecule has 1 aromatic heterocycles. The maximum atomic E-state index is 14.0. The van der Waals surface area contributed by atoms with Crippen LogP contribution in [0.4, 0.5) is 14.5 Å². The molecule has 8 nitrogen and oxygen atoms in total. The fourth-order valence-corrected chi connectivity index (χ4v) is 4.67. The van der Waals surface area contributed by atoms with Crippen molar-refractivity contribution in [1.29, 1.82) is 0 Å². The number of furan rings is 1. The number of benzene rings is 3. The molecule has 0 spiro atoms. The second-order valence-corrected chi connectivity index (χ2v) is 9.62. The van der Waals surface area contributed by atoms with Crippen molar-refractivity contribution in [2.24, 2.45) is 10.2 Å². The van der Waals surface area contributed by atoms with Gasteiger partial charge in [-0.3, -0.25) is 14.5 Å². The van der Waals surface area contributed by atoms with E-state index in [-0.39, 0.29) is 29.8 Å². The third-order valence-corrected chi connectivity index (χ3v) is 6.72. The van der Waals surface area contributed by atoms with Crippen LogP contribution in [0.3, 0.4) is 0 Å². The number of hydrogen-bond donors (Lipinski definition) is 1. The van der Waals surface area contributed by atoms with Crippen molar-refractivity contribution < 1.29 is 27.5 Å². The number of anilines is 1. The van der Waals surface area contributed by atoms with Crippen LogP contribution in [0.2, 0.25) is 0 Å². The monoisotopic (exact) mass is 572 g/mol. The molecule has 1 N–H and O–H groups in total. The lowest BCUT2D eigenvalue weighted by Gasteiger charge is -2.12. The number of thioether (sulfide) groups is 1. The first-order valence-corrected chi connectivity index (χ1v) is 13.1. The Morgan fingerprint density at radius 1 is 0.976 bits per heavy atom. The molecule has 1 fully saturated rings. The molecular weight excluding hydrogens is 550 g/mol. The smallest absolute Gasteiger partial charge is 0.267 e. The van der Waals surface area contributed by atoms with Gasteiger partial charge in [0.1, 0.15) is 23.1 Å². The molecule has 1 saturated heterocycles. The Kier molecular flexibility index (Phi) is 8.65. The highest BCUT2D eigenvalue weighted by Gasteiger charge is 2.34. The largest absolute Gasteiger partial charge is 0.483 e. The highest BCUT2D eigenvalue weighted by atomic mass is 32.2. The number of nitrogens with one attached hydrogen (secondary N) is 1. The number of amides is 2. The van der Waals surface area contributed by atoms with Gasteiger partial charge in [0, 0.05) is 16.8 Å². The van der Waals surface area contributed by atoms with E-state index in [1.807, 2.05) is 0 Å². The maximum Gasteiger partial charge on any atom is 0.267 e. The van der Waals surface area contributed by atoms with Crippen LogP contribution >= 0.6 is 11.8 Å². The molecule has 0 unspecified atom stereocenters. The summed E-state index contributed by atoms with van der Waals surface area (Å²) in [7, 11) is 0. The van der Waals surface area contributed by atoms with E-state index in [2.05, 4.69) is 15.5 Å². The van der Waals surface area contributed by atoms with Gasteiger partial charge < -0.3 is 14.5 Å². The summed E-state index contributed by atoms with van der Waals surface area (Å²) < 4.78 is 38.2. The Morgan fingerprint density at radius 2 is 1.73 bits per heavy atom. The molecular formula is C30H22F2N4O4S. The highest BCUT2D eigenvalue weighted by Crippen LogP contribution is 2.35. The van der Waals surface area contributed by atoms with E-state index in [0.29, 0.717) is 27.7 Å². The maximum absolute atomic E-state index is 14.0. The molecule has 0 bridgehead atoms. The molecule has 1 aliphatic rings. The summed E-state index contributed by atoms with van der Waals surface area (Å²) >= 11 is 1.09. The zero-order valence-electron chi connectivity index (χ0n) is 21.4. The molecule has 1 aliphatic heterocycles. The lowest BCUT2D eigenvalue weighted by molar-refractivity contribution is -0.122. The molecule has 2 heterocycles. The van der Waals surface area contributed by atoms with E-state index >= 15 is 0 Å². The predicted octanol–water partition coefficient (Wildman–Crippen LogP) is 6.08. The van der Waals surface area contributed by atoms with Crippen LogP contribution in [0, 0.1) is 11.6 Å². The summed E-state index contributed by atoms with van der Waals surface area (Å²) in [6.45, 7) is -0.188. The average Bonchev–Trinajstić information content (AvgIpc) is 3.59. The SMILES string of the molecule is O=C(COc1ccccc1/C=C1\S/C(=N\N=C\c2ccccc2F)N(Cc2ccco2)C1=O)Nc1ccc(F)cc1. The molecule has 0 aliphatic carbocycles. The van der Waals surface area contributed by atoms with E-state index < -0.39 is 17.5 Å². The van der Waals surface area contributed by atoms with E-state index in [9.17, 15) is 18.4 Å². The number of hydrogen-bond acceptors (Lipinski definition) is 7. The predicted molar refractivity (Wildman–Crippen MR) is 153 cm³/mol. The van der Waals surface area contributed by atoms with Crippen molar-refractivity contribution >= 4 is 46.7 Å². The number of nitrogens with zero attached hydrogens (tertiary/aromatic N) is 3. The quantitative estimate of drug-likeness (QED) is 0.149. The van der Waals surface area contributed by atoms with Gasteiger partial charge in [-0.05, 0) is 66.4 Å². The standard InChI is InChI=1S/C30H22F2N4O4S/c31-22-11-13-23(14-12-22)34-28(37)19-40-26-10-4-2-6-20(26)16-27-29(38)36(18-24-8-5-15-39-24)30(41-27)35-33-17-21-7-1-3-9-25(21)32/h1-17H,18-19H2,(H,34,37)/b27-16-,33-17+,35-30-. The highest BCUT2D eigenvalue weighted by molar-refractivity contribution is 8.18. The minimum absolute atomic E-state index is 0.117. The van der Waals surface area contributed by atoms with E-state index in [1.165, 1.54) is 47.7 Å². The average molecular weight is 573 g/mol. The molecule has 5 rings (SSSR count). The molecule has 41 heavy (non-hydrogen) atoms. The Balaban J connectivity index is 1.34. The van der Waals surface area contributed by atoms with E-state index in [1.54, 1.807) is 60.7 Å². The van der Waals surface area contributed by atoms with Crippen LogP contribution in [0.5, 0.6) is 5.75 Å². The molecule has 3 aromatic carbocycles. The Labute approximate surface area is 238 Å². The van der Waals surface area contributed by atoms with Crippen LogP contribution in [0.1, 0.15) is 16.9 Å². The summed E-state index contributed by atoms with van der Waals surface area (Å²) in [5, 5.41) is 11.1. The Morgan fingerprint density at radius 3 is 2.49 bits per heavy atom. The number of rotatable bonds is 9. The van der Waals surface area contributed by atoms with E-state index in [0.717, 1.165) is 11.8 Å². The van der Waals surface area contributed by atoms with Gasteiger partial charge in [-0.25, -0.2) is 8.78 Å². The first-order chi connectivity index (χ1) is 20.0. The molecule has 206 valence electrons. The molecule has 4 aromatic rings. The number of ether oxygens (including phenoxy) is 1. The van der Waals surface area contributed by atoms with Crippen LogP contribution < -0.4 is 10.1 Å². The van der Waals surface area contributed by atoms with E-state index in [4.69, 9.17) is 9.15 Å². The lowest BCUT2D eigenvalue weighted by atomic mass is 10.2. The van der Waals surface area contributed by atoms with Gasteiger partial charge >= 0.3 is 0 Å². The number of amidine groups is 1. The minimum atomic E-state index is -0.442. The van der Waals surface area contributed by atoms with Crippen molar-refractivity contribution in [3.05, 3.63) is 125 Å². The minimum Gasteiger partial charge on any atom is -0.483 e. The van der Waals surface area contributed by atoms with Crippen molar-refractivity contribution in [2.75, 3.05) is 11.9 Å². The zero-order chi connectivity index (χ0) is 28.6. The van der Waals surface area contributed by atoms with Gasteiger partial charge in [-0.1, -0.05) is 36.4 Å². The number of carbonyl (C=O) groups is 2. The third-order valence-electron chi connectivity index (χ3n) is 5.72. The molecule has 0 atom stereocenters. The summed E-state index contributed by atoms with van der Waals surface area (Å²) in [4.78, 5) is 27.5. The molecule has 11 heteroatoms. The summed E-state index contributed by atoms with van der Waals surface area (Å²) in [6, 6.07) is 21.9. The normalized spacial score (nSPS) is 15.3. The van der Waals surface area contributed by atoms with Gasteiger partial charge in [0.15, 0.2) is 11.8 Å². The molecule has 2 amide bonds. The lowest BCUT2D eigenvalue weighted by Crippen LogP contribution is -2.28. The van der Waals surface area contributed by atoms with Crippen molar-refractivity contribution in [3.8, 4) is 5.75 Å².